The minimum Gasteiger partial charge on any atom is -0.437 e. The fourth-order valence-electron chi connectivity index (χ4n) is 2.57. The fraction of sp³-hybridized carbons (Fsp3) is 0.353. The normalized spacial score (nSPS) is 11.2. The Bertz CT molecular complexity index is 885. The van der Waals surface area contributed by atoms with E-state index in [1.54, 1.807) is 0 Å². The van der Waals surface area contributed by atoms with Crippen LogP contribution in [0.1, 0.15) is 39.0 Å². The molecular formula is C17H19N3O3S. The van der Waals surface area contributed by atoms with Gasteiger partial charge in [0.1, 0.15) is 11.5 Å². The second-order valence-corrected chi connectivity index (χ2v) is 6.68. The van der Waals surface area contributed by atoms with E-state index in [2.05, 4.69) is 10.1 Å². The zero-order valence-corrected chi connectivity index (χ0v) is 15.2. The second kappa shape index (κ2) is 6.32. The minimum absolute atomic E-state index is 0.0353. The van der Waals surface area contributed by atoms with Crippen LogP contribution >= 0.6 is 11.8 Å². The van der Waals surface area contributed by atoms with Crippen LogP contribution < -0.4 is 0 Å². The van der Waals surface area contributed by atoms with Gasteiger partial charge in [0.2, 0.25) is 0 Å². The van der Waals surface area contributed by atoms with Crippen LogP contribution in [0.4, 0.5) is 0 Å². The van der Waals surface area contributed by atoms with Crippen molar-refractivity contribution in [2.24, 2.45) is 0 Å². The Labute approximate surface area is 144 Å². The van der Waals surface area contributed by atoms with Crippen molar-refractivity contribution in [1.29, 1.82) is 0 Å². The van der Waals surface area contributed by atoms with E-state index in [0.29, 0.717) is 16.6 Å². The van der Waals surface area contributed by atoms with Crippen molar-refractivity contribution in [3.63, 3.8) is 0 Å². The Morgan fingerprint density at radius 1 is 1.21 bits per heavy atom. The predicted octanol–water partition coefficient (Wildman–Crippen LogP) is 3.97. The number of rotatable bonds is 5. The van der Waals surface area contributed by atoms with Crippen LogP contribution in [0, 0.1) is 34.6 Å². The van der Waals surface area contributed by atoms with Crippen LogP contribution in [-0.2, 0) is 0 Å². The standard InChI is InChI=1S/C17H19N3O3S/c1-9-6-14(12(4)20(9)16-7-10(2)23-19-16)15(21)8-24-17-18-11(3)13(5)22-17/h6-7H,8H2,1-5H3. The van der Waals surface area contributed by atoms with Crippen LogP contribution in [0.5, 0.6) is 0 Å². The molecule has 0 fully saturated rings. The van der Waals surface area contributed by atoms with Crippen LogP contribution in [0.25, 0.3) is 5.82 Å². The first-order valence-electron chi connectivity index (χ1n) is 7.59. The average Bonchev–Trinajstić information content (AvgIpc) is 3.16. The molecule has 3 aromatic heterocycles. The molecule has 0 saturated carbocycles. The molecule has 7 heteroatoms. The molecule has 0 aromatic carbocycles. The lowest BCUT2D eigenvalue weighted by Crippen LogP contribution is -2.05. The molecule has 3 aromatic rings. The summed E-state index contributed by atoms with van der Waals surface area (Å²) in [6, 6.07) is 3.73. The molecule has 6 nitrogen and oxygen atoms in total. The van der Waals surface area contributed by atoms with Crippen molar-refractivity contribution in [3.8, 4) is 5.82 Å². The largest absolute Gasteiger partial charge is 0.437 e. The summed E-state index contributed by atoms with van der Waals surface area (Å²) in [6.07, 6.45) is 0. The SMILES string of the molecule is Cc1cc(-n2c(C)cc(C(=O)CSc3nc(C)c(C)o3)c2C)no1. The lowest BCUT2D eigenvalue weighted by molar-refractivity contribution is 0.102. The van der Waals surface area contributed by atoms with Gasteiger partial charge in [-0.15, -0.1) is 0 Å². The van der Waals surface area contributed by atoms with Crippen LogP contribution in [0.15, 0.2) is 26.3 Å². The van der Waals surface area contributed by atoms with Crippen molar-refractivity contribution in [1.82, 2.24) is 14.7 Å². The van der Waals surface area contributed by atoms with Gasteiger partial charge in [0.25, 0.3) is 5.22 Å². The summed E-state index contributed by atoms with van der Waals surface area (Å²) in [5.74, 6) is 2.52. The summed E-state index contributed by atoms with van der Waals surface area (Å²) in [5, 5.41) is 4.56. The second-order valence-electron chi connectivity index (χ2n) is 5.75. The van der Waals surface area contributed by atoms with Crippen LogP contribution in [-0.4, -0.2) is 26.2 Å². The highest BCUT2D eigenvalue weighted by Gasteiger charge is 2.19. The quantitative estimate of drug-likeness (QED) is 0.514. The van der Waals surface area contributed by atoms with Crippen LogP contribution in [0.2, 0.25) is 0 Å². The van der Waals surface area contributed by atoms with Gasteiger partial charge in [-0.1, -0.05) is 16.9 Å². The molecule has 0 aliphatic carbocycles. The number of thioether (sulfide) groups is 1. The van der Waals surface area contributed by atoms with Gasteiger partial charge in [-0.2, -0.15) is 0 Å². The van der Waals surface area contributed by atoms with E-state index in [4.69, 9.17) is 8.94 Å². The number of aryl methyl sites for hydroxylation is 4. The van der Waals surface area contributed by atoms with Crippen molar-refractivity contribution >= 4 is 17.5 Å². The molecule has 0 N–H and O–H groups in total. The van der Waals surface area contributed by atoms with Crippen molar-refractivity contribution < 1.29 is 13.7 Å². The van der Waals surface area contributed by atoms with E-state index in [1.165, 1.54) is 11.8 Å². The maximum atomic E-state index is 12.6. The number of nitrogens with zero attached hydrogens (tertiary/aromatic N) is 3. The summed E-state index contributed by atoms with van der Waals surface area (Å²) in [5.41, 5.74) is 3.33. The number of Topliss-reactive ketones (excluding diaryl/α,β-unsaturated/α-hetero) is 1. The van der Waals surface area contributed by atoms with E-state index in [-0.39, 0.29) is 11.5 Å². The van der Waals surface area contributed by atoms with E-state index in [0.717, 1.165) is 28.6 Å². The molecule has 0 aliphatic heterocycles. The molecule has 0 unspecified atom stereocenters. The number of aromatic nitrogens is 3. The molecule has 24 heavy (non-hydrogen) atoms. The van der Waals surface area contributed by atoms with Crippen molar-refractivity contribution in [2.75, 3.05) is 5.75 Å². The van der Waals surface area contributed by atoms with Crippen molar-refractivity contribution in [3.05, 3.63) is 46.3 Å². The van der Waals surface area contributed by atoms with Gasteiger partial charge < -0.3 is 8.94 Å². The highest BCUT2D eigenvalue weighted by atomic mass is 32.2. The van der Waals surface area contributed by atoms with Gasteiger partial charge >= 0.3 is 0 Å². The molecule has 3 rings (SSSR count). The molecule has 3 heterocycles. The number of hydrogen-bond acceptors (Lipinski definition) is 6. The van der Waals surface area contributed by atoms with Crippen molar-refractivity contribution in [2.45, 2.75) is 39.8 Å². The molecule has 126 valence electrons. The van der Waals surface area contributed by atoms with Gasteiger partial charge in [0.15, 0.2) is 11.6 Å². The number of oxazole rings is 1. The third-order valence-electron chi connectivity index (χ3n) is 3.91. The molecule has 0 atom stereocenters. The molecule has 0 saturated heterocycles. The molecule has 0 aliphatic rings. The van der Waals surface area contributed by atoms with E-state index in [9.17, 15) is 4.79 Å². The fourth-order valence-corrected chi connectivity index (χ4v) is 3.36. The average molecular weight is 345 g/mol. The first kappa shape index (κ1) is 16.6. The summed E-state index contributed by atoms with van der Waals surface area (Å²) >= 11 is 1.31. The third-order valence-corrected chi connectivity index (χ3v) is 4.74. The first-order chi connectivity index (χ1) is 11.4. The zero-order chi connectivity index (χ0) is 17.4. The van der Waals surface area contributed by atoms with E-state index >= 15 is 0 Å². The highest BCUT2D eigenvalue weighted by Crippen LogP contribution is 2.25. The first-order valence-corrected chi connectivity index (χ1v) is 8.58. The maximum absolute atomic E-state index is 12.6. The topological polar surface area (TPSA) is 74.1 Å². The molecule has 0 spiro atoms. The smallest absolute Gasteiger partial charge is 0.256 e. The van der Waals surface area contributed by atoms with Gasteiger partial charge in [-0.25, -0.2) is 4.98 Å². The van der Waals surface area contributed by atoms with E-state index in [1.807, 2.05) is 51.3 Å². The summed E-state index contributed by atoms with van der Waals surface area (Å²) in [6.45, 7) is 9.45. The Morgan fingerprint density at radius 3 is 2.54 bits per heavy atom. The summed E-state index contributed by atoms with van der Waals surface area (Å²) in [7, 11) is 0. The van der Waals surface area contributed by atoms with Gasteiger partial charge in [-0.3, -0.25) is 9.36 Å². The molecule has 0 amide bonds. The Balaban J connectivity index is 1.80. The lowest BCUT2D eigenvalue weighted by atomic mass is 10.2. The predicted molar refractivity (Wildman–Crippen MR) is 91.1 cm³/mol. The summed E-state index contributed by atoms with van der Waals surface area (Å²) in [4.78, 5) is 16.9. The number of carbonyl (C=O) groups is 1. The maximum Gasteiger partial charge on any atom is 0.256 e. The summed E-state index contributed by atoms with van der Waals surface area (Å²) < 4.78 is 12.6. The Morgan fingerprint density at radius 2 is 1.96 bits per heavy atom. The molecule has 0 radical (unpaired) electrons. The van der Waals surface area contributed by atoms with Gasteiger partial charge in [0, 0.05) is 23.0 Å². The van der Waals surface area contributed by atoms with E-state index < -0.39 is 0 Å². The zero-order valence-electron chi connectivity index (χ0n) is 14.3. The minimum atomic E-state index is 0.0353. The Kier molecular flexibility index (Phi) is 4.36. The van der Waals surface area contributed by atoms with Gasteiger partial charge in [0.05, 0.1) is 11.4 Å². The molecule has 0 bridgehead atoms. The number of ketones is 1. The monoisotopic (exact) mass is 345 g/mol. The Hall–Kier alpha value is -2.28. The molecular weight excluding hydrogens is 326 g/mol. The van der Waals surface area contributed by atoms with Crippen LogP contribution in [0.3, 0.4) is 0 Å². The van der Waals surface area contributed by atoms with Gasteiger partial charge in [-0.05, 0) is 40.7 Å². The lowest BCUT2D eigenvalue weighted by Gasteiger charge is -2.04. The third kappa shape index (κ3) is 3.03. The number of hydrogen-bond donors (Lipinski definition) is 0. The highest BCUT2D eigenvalue weighted by molar-refractivity contribution is 7.99. The number of carbonyl (C=O) groups excluding carboxylic acids is 1.